The highest BCUT2D eigenvalue weighted by atomic mass is 19.1. The second-order valence-corrected chi connectivity index (χ2v) is 7.28. The maximum Gasteiger partial charge on any atom is 0.270 e. The minimum absolute atomic E-state index is 0.0973. The molecular weight excluding hydrogens is 371 g/mol. The maximum absolute atomic E-state index is 13.0. The van der Waals surface area contributed by atoms with E-state index in [1.165, 1.54) is 17.1 Å². The number of hydrogen-bond donors (Lipinski definition) is 0. The summed E-state index contributed by atoms with van der Waals surface area (Å²) in [6, 6.07) is 15.7. The van der Waals surface area contributed by atoms with Gasteiger partial charge in [0.2, 0.25) is 5.91 Å². The molecule has 2 heterocycles. The Bertz CT molecular complexity index is 906. The first-order valence-electron chi connectivity index (χ1n) is 9.82. The van der Waals surface area contributed by atoms with Crippen molar-refractivity contribution in [1.82, 2.24) is 9.80 Å². The molecule has 6 nitrogen and oxygen atoms in total. The number of anilines is 1. The lowest BCUT2D eigenvalue weighted by Gasteiger charge is -2.35. The zero-order chi connectivity index (χ0) is 20.2. The molecule has 1 saturated heterocycles. The number of piperazine rings is 1. The summed E-state index contributed by atoms with van der Waals surface area (Å²) in [7, 11) is 0. The molecule has 0 bridgehead atoms. The molecule has 0 unspecified atom stereocenters. The van der Waals surface area contributed by atoms with Crippen molar-refractivity contribution in [3.8, 4) is 0 Å². The van der Waals surface area contributed by atoms with Crippen LogP contribution in [0.15, 0.2) is 59.7 Å². The molecule has 2 aromatic carbocycles. The van der Waals surface area contributed by atoms with Crippen LogP contribution in [0.3, 0.4) is 0 Å². The van der Waals surface area contributed by atoms with Gasteiger partial charge in [0.15, 0.2) is 0 Å². The van der Waals surface area contributed by atoms with Crippen LogP contribution in [0, 0.1) is 5.82 Å². The van der Waals surface area contributed by atoms with Crippen molar-refractivity contribution < 1.29 is 14.0 Å². The van der Waals surface area contributed by atoms with Crippen molar-refractivity contribution in [2.75, 3.05) is 31.2 Å². The number of hydrogen-bond acceptors (Lipinski definition) is 4. The maximum atomic E-state index is 13.0. The van der Waals surface area contributed by atoms with Gasteiger partial charge in [-0.15, -0.1) is 0 Å². The summed E-state index contributed by atoms with van der Waals surface area (Å²) in [6.45, 7) is 3.45. The number of halogens is 1. The predicted octanol–water partition coefficient (Wildman–Crippen LogP) is 2.65. The van der Waals surface area contributed by atoms with Crippen molar-refractivity contribution >= 4 is 23.2 Å². The summed E-state index contributed by atoms with van der Waals surface area (Å²) in [5.41, 5.74) is 2.16. The van der Waals surface area contributed by atoms with E-state index in [0.717, 1.165) is 25.2 Å². The molecule has 0 radical (unpaired) electrons. The Morgan fingerprint density at radius 1 is 0.931 bits per heavy atom. The van der Waals surface area contributed by atoms with Crippen molar-refractivity contribution in [2.45, 2.75) is 19.4 Å². The van der Waals surface area contributed by atoms with E-state index in [2.05, 4.69) is 10.0 Å². The molecule has 1 fully saturated rings. The molecule has 0 aliphatic carbocycles. The van der Waals surface area contributed by atoms with Gasteiger partial charge in [-0.1, -0.05) is 30.3 Å². The molecule has 2 aliphatic heterocycles. The molecule has 4 rings (SSSR count). The summed E-state index contributed by atoms with van der Waals surface area (Å²) in [5.74, 6) is -0.433. The summed E-state index contributed by atoms with van der Waals surface area (Å²) in [5, 5.41) is 5.70. The first kappa shape index (κ1) is 19.3. The van der Waals surface area contributed by atoms with Crippen LogP contribution >= 0.6 is 0 Å². The number of rotatable bonds is 4. The van der Waals surface area contributed by atoms with Gasteiger partial charge in [0.1, 0.15) is 11.5 Å². The average Bonchev–Trinajstić information content (AvgIpc) is 2.76. The molecule has 0 aromatic heterocycles. The lowest BCUT2D eigenvalue weighted by atomic mass is 10.1. The molecule has 7 heteroatoms. The van der Waals surface area contributed by atoms with E-state index in [1.54, 1.807) is 17.0 Å². The van der Waals surface area contributed by atoms with Gasteiger partial charge >= 0.3 is 0 Å². The van der Waals surface area contributed by atoms with Crippen LogP contribution < -0.4 is 5.01 Å². The zero-order valence-electron chi connectivity index (χ0n) is 16.1. The van der Waals surface area contributed by atoms with E-state index < -0.39 is 0 Å². The highest BCUT2D eigenvalue weighted by Gasteiger charge is 2.30. The molecule has 0 saturated carbocycles. The Labute approximate surface area is 169 Å². The van der Waals surface area contributed by atoms with Crippen LogP contribution in [0.4, 0.5) is 10.1 Å². The third-order valence-electron chi connectivity index (χ3n) is 5.26. The molecule has 2 aromatic rings. The van der Waals surface area contributed by atoms with Gasteiger partial charge in [-0.2, -0.15) is 5.10 Å². The smallest absolute Gasteiger partial charge is 0.270 e. The minimum atomic E-state index is -0.236. The summed E-state index contributed by atoms with van der Waals surface area (Å²) in [6.07, 6.45) is 0.654. The number of carbonyl (C=O) groups is 2. The monoisotopic (exact) mass is 394 g/mol. The molecule has 0 N–H and O–H groups in total. The van der Waals surface area contributed by atoms with Gasteiger partial charge in [0.25, 0.3) is 5.91 Å². The van der Waals surface area contributed by atoms with Crippen LogP contribution in [-0.4, -0.2) is 53.5 Å². The fraction of sp³-hybridized carbons (Fsp3) is 0.318. The van der Waals surface area contributed by atoms with E-state index in [4.69, 9.17) is 0 Å². The predicted molar refractivity (Wildman–Crippen MR) is 109 cm³/mol. The number of carbonyl (C=O) groups excluding carboxylic acids is 2. The van der Waals surface area contributed by atoms with Gasteiger partial charge in [0, 0.05) is 45.6 Å². The molecule has 2 aliphatic rings. The van der Waals surface area contributed by atoms with E-state index in [-0.39, 0.29) is 24.1 Å². The Morgan fingerprint density at radius 2 is 1.62 bits per heavy atom. The number of hydrazone groups is 1. The average molecular weight is 394 g/mol. The first-order valence-corrected chi connectivity index (χ1v) is 9.82. The molecule has 0 atom stereocenters. The molecule has 150 valence electrons. The molecule has 0 spiro atoms. The van der Waals surface area contributed by atoms with Crippen molar-refractivity contribution in [3.05, 3.63) is 66.0 Å². The van der Waals surface area contributed by atoms with Crippen LogP contribution in [0.25, 0.3) is 0 Å². The highest BCUT2D eigenvalue weighted by Crippen LogP contribution is 2.20. The van der Waals surface area contributed by atoms with Crippen LogP contribution in [0.1, 0.15) is 18.4 Å². The fourth-order valence-corrected chi connectivity index (χ4v) is 3.62. The fourth-order valence-electron chi connectivity index (χ4n) is 3.62. The SMILES string of the molecule is O=C(C1=NN(c2ccccc2)C(=O)CC1)N1CCN(Cc2ccc(F)cc2)CC1. The van der Waals surface area contributed by atoms with Crippen LogP contribution in [0.5, 0.6) is 0 Å². The Balaban J connectivity index is 1.37. The van der Waals surface area contributed by atoms with E-state index >= 15 is 0 Å². The topological polar surface area (TPSA) is 56.2 Å². The highest BCUT2D eigenvalue weighted by molar-refractivity contribution is 6.40. The second kappa shape index (κ2) is 8.53. The Kier molecular flexibility index (Phi) is 5.67. The lowest BCUT2D eigenvalue weighted by molar-refractivity contribution is -0.126. The second-order valence-electron chi connectivity index (χ2n) is 7.28. The third kappa shape index (κ3) is 4.51. The first-order chi connectivity index (χ1) is 14.1. The standard InChI is InChI=1S/C22H23FN4O2/c23-18-8-6-17(7-9-18)16-25-12-14-26(15-13-25)22(29)20-10-11-21(28)27(24-20)19-4-2-1-3-5-19/h1-9H,10-16H2. The number of para-hydroxylation sites is 1. The minimum Gasteiger partial charge on any atom is -0.335 e. The summed E-state index contributed by atoms with van der Waals surface area (Å²) < 4.78 is 13.0. The van der Waals surface area contributed by atoms with Gasteiger partial charge in [0.05, 0.1) is 5.69 Å². The Morgan fingerprint density at radius 3 is 2.31 bits per heavy atom. The van der Waals surface area contributed by atoms with E-state index in [0.29, 0.717) is 30.9 Å². The quantitative estimate of drug-likeness (QED) is 0.801. The summed E-state index contributed by atoms with van der Waals surface area (Å²) in [4.78, 5) is 29.2. The number of benzene rings is 2. The zero-order valence-corrected chi connectivity index (χ0v) is 16.1. The van der Waals surface area contributed by atoms with Gasteiger partial charge in [-0.05, 0) is 29.8 Å². The van der Waals surface area contributed by atoms with Crippen molar-refractivity contribution in [2.24, 2.45) is 5.10 Å². The van der Waals surface area contributed by atoms with Gasteiger partial charge in [-0.25, -0.2) is 9.40 Å². The van der Waals surface area contributed by atoms with Crippen LogP contribution in [0.2, 0.25) is 0 Å². The van der Waals surface area contributed by atoms with Gasteiger partial charge in [-0.3, -0.25) is 14.5 Å². The van der Waals surface area contributed by atoms with Crippen molar-refractivity contribution in [1.29, 1.82) is 0 Å². The largest absolute Gasteiger partial charge is 0.335 e. The van der Waals surface area contributed by atoms with Crippen LogP contribution in [-0.2, 0) is 16.1 Å². The molecule has 29 heavy (non-hydrogen) atoms. The Hall–Kier alpha value is -3.06. The summed E-state index contributed by atoms with van der Waals surface area (Å²) >= 11 is 0. The lowest BCUT2D eigenvalue weighted by Crippen LogP contribution is -2.51. The third-order valence-corrected chi connectivity index (χ3v) is 5.26. The molecule has 2 amide bonds. The normalized spacial score (nSPS) is 18.0. The number of amides is 2. The van der Waals surface area contributed by atoms with Crippen molar-refractivity contribution in [3.63, 3.8) is 0 Å². The van der Waals surface area contributed by atoms with E-state index in [1.807, 2.05) is 30.3 Å². The molecular formula is C22H23FN4O2. The van der Waals surface area contributed by atoms with E-state index in [9.17, 15) is 14.0 Å². The number of nitrogens with zero attached hydrogens (tertiary/aromatic N) is 4. The van der Waals surface area contributed by atoms with Gasteiger partial charge < -0.3 is 4.90 Å².